The Balaban J connectivity index is 1.15. The molecule has 2 unspecified atom stereocenters. The molecule has 0 aliphatic carbocycles. The highest BCUT2D eigenvalue weighted by Gasteiger charge is 2.43. The lowest BCUT2D eigenvalue weighted by molar-refractivity contribution is 0.0560. The zero-order chi connectivity index (χ0) is 29.7. The molecule has 0 spiro atoms. The van der Waals surface area contributed by atoms with Gasteiger partial charge in [0, 0.05) is 57.3 Å². The predicted molar refractivity (Wildman–Crippen MR) is 163 cm³/mol. The van der Waals surface area contributed by atoms with Crippen molar-refractivity contribution in [2.75, 3.05) is 12.4 Å². The number of benzene rings is 3. The van der Waals surface area contributed by atoms with Crippen molar-refractivity contribution in [1.29, 1.82) is 0 Å². The first kappa shape index (κ1) is 27.6. The lowest BCUT2D eigenvalue weighted by atomic mass is 9.95. The molecule has 1 amide bonds. The number of aliphatic imine (C=N–C) groups is 1. The molecule has 10 heteroatoms. The third-order valence-corrected chi connectivity index (χ3v) is 8.96. The van der Waals surface area contributed by atoms with Crippen molar-refractivity contribution >= 4 is 34.9 Å². The number of nitrogens with one attached hydrogen (secondary N) is 2. The Morgan fingerprint density at radius 3 is 2.40 bits per heavy atom. The third-order valence-electron chi connectivity index (χ3n) is 8.73. The number of carbonyl (C=O) groups excluding carboxylic acids is 1. The molecule has 4 aromatic rings. The molecule has 43 heavy (non-hydrogen) atoms. The average molecular weight is 599 g/mol. The normalized spacial score (nSPS) is 20.6. The van der Waals surface area contributed by atoms with E-state index < -0.39 is 11.6 Å². The van der Waals surface area contributed by atoms with E-state index in [1.165, 1.54) is 18.2 Å². The largest absolute Gasteiger partial charge is 0.333 e. The van der Waals surface area contributed by atoms with Crippen LogP contribution in [0, 0.1) is 11.6 Å². The van der Waals surface area contributed by atoms with Crippen LogP contribution in [0.4, 0.5) is 20.4 Å². The van der Waals surface area contributed by atoms with Gasteiger partial charge >= 0.3 is 0 Å². The molecule has 2 atom stereocenters. The fourth-order valence-corrected chi connectivity index (χ4v) is 6.81. The quantitative estimate of drug-likeness (QED) is 0.273. The second kappa shape index (κ2) is 11.1. The molecular weight excluding hydrogens is 570 g/mol. The maximum absolute atomic E-state index is 14.8. The molecule has 3 aliphatic rings. The van der Waals surface area contributed by atoms with Crippen molar-refractivity contribution in [1.82, 2.24) is 20.2 Å². The molecule has 0 radical (unpaired) electrons. The van der Waals surface area contributed by atoms with E-state index in [1.807, 2.05) is 31.3 Å². The molecule has 2 fully saturated rings. The predicted octanol–water partition coefficient (Wildman–Crippen LogP) is 6.52. The highest BCUT2D eigenvalue weighted by molar-refractivity contribution is 6.31. The van der Waals surface area contributed by atoms with Crippen LogP contribution in [0.1, 0.15) is 52.7 Å². The molecular formula is C33H29ClF2N6O. The van der Waals surface area contributed by atoms with Gasteiger partial charge in [-0.2, -0.15) is 0 Å². The Hall–Kier alpha value is -4.21. The third kappa shape index (κ3) is 5.06. The van der Waals surface area contributed by atoms with Gasteiger partial charge in [-0.25, -0.2) is 18.7 Å². The topological polar surface area (TPSA) is 82.5 Å². The second-order valence-electron chi connectivity index (χ2n) is 11.3. The van der Waals surface area contributed by atoms with Crippen molar-refractivity contribution in [3.63, 3.8) is 0 Å². The summed E-state index contributed by atoms with van der Waals surface area (Å²) in [4.78, 5) is 29.3. The molecule has 3 aromatic carbocycles. The minimum absolute atomic E-state index is 0.0762. The van der Waals surface area contributed by atoms with Gasteiger partial charge in [0.15, 0.2) is 0 Å². The average Bonchev–Trinajstić information content (AvgIpc) is 3.18. The zero-order valence-corrected chi connectivity index (χ0v) is 24.2. The first-order chi connectivity index (χ1) is 20.9. The maximum Gasteiger partial charge on any atom is 0.254 e. The number of nitrogens with zero attached hydrogens (tertiary/aromatic N) is 4. The number of hydrogen-bond donors (Lipinski definition) is 2. The summed E-state index contributed by atoms with van der Waals surface area (Å²) in [6.45, 7) is 0.134. The second-order valence-corrected chi connectivity index (χ2v) is 11.7. The van der Waals surface area contributed by atoms with Gasteiger partial charge in [0.1, 0.15) is 11.6 Å². The van der Waals surface area contributed by atoms with Crippen molar-refractivity contribution in [2.24, 2.45) is 4.99 Å². The number of aromatic nitrogens is 2. The van der Waals surface area contributed by atoms with Crippen LogP contribution in [0.5, 0.6) is 0 Å². The van der Waals surface area contributed by atoms with E-state index in [0.29, 0.717) is 45.0 Å². The highest BCUT2D eigenvalue weighted by Crippen LogP contribution is 2.37. The van der Waals surface area contributed by atoms with Gasteiger partial charge < -0.3 is 15.5 Å². The number of halogens is 3. The van der Waals surface area contributed by atoms with E-state index in [9.17, 15) is 13.6 Å². The maximum atomic E-state index is 14.8. The van der Waals surface area contributed by atoms with Crippen LogP contribution in [0.2, 0.25) is 5.02 Å². The van der Waals surface area contributed by atoms with Gasteiger partial charge in [-0.05, 0) is 81.3 Å². The Bertz CT molecular complexity index is 1730. The van der Waals surface area contributed by atoms with Crippen LogP contribution in [0.25, 0.3) is 11.3 Å². The number of anilines is 2. The number of rotatable bonds is 5. The summed E-state index contributed by atoms with van der Waals surface area (Å²) in [5.74, 6) is -0.999. The molecule has 1 aromatic heterocycles. The van der Waals surface area contributed by atoms with Crippen LogP contribution in [0.15, 0.2) is 71.9 Å². The zero-order valence-electron chi connectivity index (χ0n) is 23.4. The Kier molecular flexibility index (Phi) is 7.15. The molecule has 218 valence electrons. The minimum atomic E-state index is -0.707. The van der Waals surface area contributed by atoms with Crippen molar-refractivity contribution < 1.29 is 13.6 Å². The number of fused-ring (bicyclic) bond motifs is 5. The van der Waals surface area contributed by atoms with Crippen molar-refractivity contribution in [2.45, 2.75) is 50.4 Å². The van der Waals surface area contributed by atoms with Crippen LogP contribution >= 0.6 is 11.6 Å². The fourth-order valence-electron chi connectivity index (χ4n) is 6.64. The standard InChI is InChI=1S/C33H29ClF2N6O/c1-37-22-14-23-10-11-24(15-22)42(23)32(43)18-5-8-21(9-6-18)40-33-39-17-19-16-38-31(29-27(35)3-2-4-28(29)36)26-13-20(34)7-12-25(26)30(19)41-33/h2-9,12-13,17,22-24,37H,10-11,14-16H2,1H3,(H,39,40,41). The van der Waals surface area contributed by atoms with E-state index in [2.05, 4.69) is 25.5 Å². The van der Waals surface area contributed by atoms with Gasteiger partial charge in [-0.1, -0.05) is 23.7 Å². The molecule has 7 rings (SSSR count). The minimum Gasteiger partial charge on any atom is -0.333 e. The number of piperidine rings is 1. The van der Waals surface area contributed by atoms with E-state index in [0.717, 1.165) is 31.4 Å². The van der Waals surface area contributed by atoms with Crippen LogP contribution in [0.3, 0.4) is 0 Å². The van der Waals surface area contributed by atoms with Gasteiger partial charge in [-0.15, -0.1) is 0 Å². The molecule has 7 nitrogen and oxygen atoms in total. The molecule has 4 heterocycles. The van der Waals surface area contributed by atoms with E-state index in [4.69, 9.17) is 16.6 Å². The first-order valence-corrected chi connectivity index (χ1v) is 14.8. The van der Waals surface area contributed by atoms with Crippen molar-refractivity contribution in [3.8, 4) is 11.3 Å². The summed E-state index contributed by atoms with van der Waals surface area (Å²) < 4.78 is 29.7. The Labute approximate surface area is 253 Å². The summed E-state index contributed by atoms with van der Waals surface area (Å²) in [6, 6.07) is 17.3. The van der Waals surface area contributed by atoms with E-state index in [1.54, 1.807) is 24.4 Å². The smallest absolute Gasteiger partial charge is 0.254 e. The summed E-state index contributed by atoms with van der Waals surface area (Å²) in [5.41, 5.74) is 3.76. The number of carbonyl (C=O) groups is 1. The van der Waals surface area contributed by atoms with Gasteiger partial charge in [0.25, 0.3) is 5.91 Å². The lowest BCUT2D eigenvalue weighted by Gasteiger charge is -2.39. The van der Waals surface area contributed by atoms with E-state index >= 15 is 0 Å². The Morgan fingerprint density at radius 1 is 0.977 bits per heavy atom. The summed E-state index contributed by atoms with van der Waals surface area (Å²) in [7, 11) is 1.99. The van der Waals surface area contributed by atoms with Gasteiger partial charge in [0.2, 0.25) is 5.95 Å². The van der Waals surface area contributed by atoms with Crippen molar-refractivity contribution in [3.05, 3.63) is 106 Å². The lowest BCUT2D eigenvalue weighted by Crippen LogP contribution is -2.50. The first-order valence-electron chi connectivity index (χ1n) is 14.4. The van der Waals surface area contributed by atoms with Crippen LogP contribution in [-0.2, 0) is 6.54 Å². The molecule has 2 bridgehead atoms. The highest BCUT2D eigenvalue weighted by atomic mass is 35.5. The summed E-state index contributed by atoms with van der Waals surface area (Å²) in [5, 5.41) is 7.02. The molecule has 2 N–H and O–H groups in total. The van der Waals surface area contributed by atoms with Gasteiger partial charge in [-0.3, -0.25) is 9.79 Å². The number of amides is 1. The SMILES string of the molecule is CNC1CC2CCC(C1)N2C(=O)c1ccc(Nc2ncc3c(n2)-c2ccc(Cl)cc2C(c2c(F)cccc2F)=NC3)cc1. The number of hydrogen-bond acceptors (Lipinski definition) is 6. The van der Waals surface area contributed by atoms with E-state index in [-0.39, 0.29) is 35.8 Å². The monoisotopic (exact) mass is 598 g/mol. The molecule has 2 saturated heterocycles. The van der Waals surface area contributed by atoms with Crippen LogP contribution in [-0.4, -0.2) is 51.7 Å². The summed E-state index contributed by atoms with van der Waals surface area (Å²) >= 11 is 6.33. The Morgan fingerprint density at radius 2 is 1.70 bits per heavy atom. The fraction of sp³-hybridized carbons (Fsp3) is 0.273. The molecule has 3 aliphatic heterocycles. The summed E-state index contributed by atoms with van der Waals surface area (Å²) in [6.07, 6.45) is 5.76. The van der Waals surface area contributed by atoms with Gasteiger partial charge in [0.05, 0.1) is 23.5 Å². The molecule has 0 saturated carbocycles. The van der Waals surface area contributed by atoms with Crippen LogP contribution < -0.4 is 10.6 Å².